The highest BCUT2D eigenvalue weighted by atomic mass is 19.4. The summed E-state index contributed by atoms with van der Waals surface area (Å²) in [7, 11) is 0. The number of rotatable bonds is 4. The van der Waals surface area contributed by atoms with Crippen LogP contribution in [0.5, 0.6) is 0 Å². The average Bonchev–Trinajstić information content (AvgIpc) is 2.16. The fraction of sp³-hybridized carbons (Fsp3) is 0.417. The number of halogens is 3. The topological polar surface area (TPSA) is 17.1 Å². The summed E-state index contributed by atoms with van der Waals surface area (Å²) < 4.78 is 35.6. The van der Waals surface area contributed by atoms with Gasteiger partial charge in [-0.25, -0.2) is 0 Å². The van der Waals surface area contributed by atoms with Crippen LogP contribution in [0.25, 0.3) is 0 Å². The molecule has 1 rings (SSSR count). The lowest BCUT2D eigenvalue weighted by Gasteiger charge is -2.05. The first-order chi connectivity index (χ1) is 7.38. The maximum Gasteiger partial charge on any atom is 0.389 e. The van der Waals surface area contributed by atoms with Gasteiger partial charge in [0.1, 0.15) is 0 Å². The smallest absolute Gasteiger partial charge is 0.294 e. The minimum atomic E-state index is -4.17. The van der Waals surface area contributed by atoms with Gasteiger partial charge >= 0.3 is 6.18 Å². The molecule has 0 aliphatic rings. The van der Waals surface area contributed by atoms with Crippen molar-refractivity contribution in [1.82, 2.24) is 0 Å². The molecule has 1 aromatic carbocycles. The summed E-state index contributed by atoms with van der Waals surface area (Å²) in [6, 6.07) is 6.84. The number of ketones is 1. The summed E-state index contributed by atoms with van der Waals surface area (Å²) in [4.78, 5) is 11.5. The van der Waals surface area contributed by atoms with Gasteiger partial charge in [0, 0.05) is 18.4 Å². The number of aryl methyl sites for hydroxylation is 1. The van der Waals surface area contributed by atoms with E-state index in [2.05, 4.69) is 0 Å². The lowest BCUT2D eigenvalue weighted by molar-refractivity contribution is -0.135. The molecule has 0 amide bonds. The summed E-state index contributed by atoms with van der Waals surface area (Å²) in [6.45, 7) is 1.89. The van der Waals surface area contributed by atoms with Gasteiger partial charge in [0.25, 0.3) is 0 Å². The Kier molecular flexibility index (Phi) is 4.10. The fourth-order valence-corrected chi connectivity index (χ4v) is 1.33. The van der Waals surface area contributed by atoms with Crippen molar-refractivity contribution in [3.05, 3.63) is 35.4 Å². The third kappa shape index (κ3) is 4.47. The number of Topliss-reactive ketones (excluding diaryl/α,β-unsaturated/α-hetero) is 1. The second kappa shape index (κ2) is 5.14. The van der Waals surface area contributed by atoms with Gasteiger partial charge in [-0.2, -0.15) is 13.2 Å². The molecule has 0 saturated heterocycles. The van der Waals surface area contributed by atoms with Crippen molar-refractivity contribution in [2.24, 2.45) is 0 Å². The van der Waals surface area contributed by atoms with Crippen LogP contribution in [0.1, 0.15) is 35.2 Å². The highest BCUT2D eigenvalue weighted by Gasteiger charge is 2.26. The van der Waals surface area contributed by atoms with Crippen molar-refractivity contribution in [2.75, 3.05) is 0 Å². The minimum absolute atomic E-state index is 0.0530. The van der Waals surface area contributed by atoms with E-state index in [4.69, 9.17) is 0 Å². The predicted octanol–water partition coefficient (Wildman–Crippen LogP) is 3.91. The van der Waals surface area contributed by atoms with E-state index in [-0.39, 0.29) is 18.6 Å². The zero-order valence-corrected chi connectivity index (χ0v) is 8.97. The van der Waals surface area contributed by atoms with Crippen molar-refractivity contribution in [1.29, 1.82) is 0 Å². The molecule has 0 bridgehead atoms. The van der Waals surface area contributed by atoms with Crippen LogP contribution in [-0.4, -0.2) is 12.0 Å². The zero-order valence-electron chi connectivity index (χ0n) is 8.97. The second-order valence-corrected chi connectivity index (χ2v) is 3.76. The van der Waals surface area contributed by atoms with Gasteiger partial charge in [0.15, 0.2) is 5.78 Å². The number of hydrogen-bond donors (Lipinski definition) is 0. The monoisotopic (exact) mass is 230 g/mol. The Balaban J connectivity index is 2.44. The van der Waals surface area contributed by atoms with E-state index >= 15 is 0 Å². The van der Waals surface area contributed by atoms with Crippen LogP contribution in [0.4, 0.5) is 13.2 Å². The highest BCUT2D eigenvalue weighted by Crippen LogP contribution is 2.22. The van der Waals surface area contributed by atoms with Crippen LogP contribution in [0.2, 0.25) is 0 Å². The van der Waals surface area contributed by atoms with E-state index in [1.54, 1.807) is 24.3 Å². The van der Waals surface area contributed by atoms with Crippen LogP contribution >= 0.6 is 0 Å². The lowest BCUT2D eigenvalue weighted by atomic mass is 10.0. The van der Waals surface area contributed by atoms with E-state index in [1.165, 1.54) is 0 Å². The predicted molar refractivity (Wildman–Crippen MR) is 55.4 cm³/mol. The molecule has 0 aliphatic carbocycles. The van der Waals surface area contributed by atoms with Gasteiger partial charge in [-0.1, -0.05) is 29.8 Å². The standard InChI is InChI=1S/C12H13F3O/c1-9-4-6-10(7-5-9)11(16)3-2-8-12(13,14)15/h4-7H,2-3,8H2,1H3. The Bertz CT molecular complexity index is 352. The van der Waals surface area contributed by atoms with E-state index < -0.39 is 12.6 Å². The molecule has 0 N–H and O–H groups in total. The molecule has 0 heterocycles. The van der Waals surface area contributed by atoms with Gasteiger partial charge in [0.2, 0.25) is 0 Å². The normalized spacial score (nSPS) is 11.5. The number of carbonyl (C=O) groups is 1. The Labute approximate surface area is 92.3 Å². The number of carbonyl (C=O) groups excluding carboxylic acids is 1. The van der Waals surface area contributed by atoms with Gasteiger partial charge in [-0.15, -0.1) is 0 Å². The van der Waals surface area contributed by atoms with E-state index in [1.807, 2.05) is 6.92 Å². The van der Waals surface area contributed by atoms with Crippen LogP contribution in [0.3, 0.4) is 0 Å². The van der Waals surface area contributed by atoms with Crippen LogP contribution < -0.4 is 0 Å². The average molecular weight is 230 g/mol. The van der Waals surface area contributed by atoms with E-state index in [0.29, 0.717) is 5.56 Å². The molecule has 0 aromatic heterocycles. The maximum absolute atomic E-state index is 11.9. The van der Waals surface area contributed by atoms with Gasteiger partial charge in [-0.3, -0.25) is 4.79 Å². The van der Waals surface area contributed by atoms with Crippen LogP contribution in [0.15, 0.2) is 24.3 Å². The largest absolute Gasteiger partial charge is 0.389 e. The summed E-state index contributed by atoms with van der Waals surface area (Å²) in [5.41, 5.74) is 1.50. The molecule has 0 radical (unpaired) electrons. The van der Waals surface area contributed by atoms with E-state index in [9.17, 15) is 18.0 Å². The molecule has 0 aliphatic heterocycles. The molecule has 1 aromatic rings. The molecule has 0 atom stereocenters. The van der Waals surface area contributed by atoms with Crippen LogP contribution in [0, 0.1) is 6.92 Å². The number of benzene rings is 1. The molecule has 4 heteroatoms. The Morgan fingerprint density at radius 1 is 1.19 bits per heavy atom. The minimum Gasteiger partial charge on any atom is -0.294 e. The highest BCUT2D eigenvalue weighted by molar-refractivity contribution is 5.96. The molecule has 88 valence electrons. The summed E-state index contributed by atoms with van der Waals surface area (Å²) in [6.07, 6.45) is -5.27. The third-order valence-electron chi connectivity index (χ3n) is 2.24. The third-order valence-corrected chi connectivity index (χ3v) is 2.24. The van der Waals surface area contributed by atoms with Crippen molar-refractivity contribution in [2.45, 2.75) is 32.4 Å². The molecule has 0 fully saturated rings. The van der Waals surface area contributed by atoms with Crippen LogP contribution in [-0.2, 0) is 0 Å². The molecule has 0 unspecified atom stereocenters. The first-order valence-electron chi connectivity index (χ1n) is 5.05. The molecular formula is C12H13F3O. The molecular weight excluding hydrogens is 217 g/mol. The fourth-order valence-electron chi connectivity index (χ4n) is 1.33. The first kappa shape index (κ1) is 12.7. The molecule has 0 spiro atoms. The molecule has 16 heavy (non-hydrogen) atoms. The number of hydrogen-bond acceptors (Lipinski definition) is 1. The van der Waals surface area contributed by atoms with E-state index in [0.717, 1.165) is 5.56 Å². The Morgan fingerprint density at radius 3 is 2.25 bits per heavy atom. The maximum atomic E-state index is 11.9. The summed E-state index contributed by atoms with van der Waals surface area (Å²) >= 11 is 0. The SMILES string of the molecule is Cc1ccc(C(=O)CCCC(F)(F)F)cc1. The summed E-state index contributed by atoms with van der Waals surface area (Å²) in [5.74, 6) is -0.232. The Morgan fingerprint density at radius 2 is 1.75 bits per heavy atom. The van der Waals surface area contributed by atoms with Crippen molar-refractivity contribution >= 4 is 5.78 Å². The van der Waals surface area contributed by atoms with Crippen molar-refractivity contribution in [3.8, 4) is 0 Å². The molecule has 1 nitrogen and oxygen atoms in total. The summed E-state index contributed by atoms with van der Waals surface area (Å²) in [5, 5.41) is 0. The van der Waals surface area contributed by atoms with Gasteiger partial charge < -0.3 is 0 Å². The lowest BCUT2D eigenvalue weighted by Crippen LogP contribution is -2.08. The van der Waals surface area contributed by atoms with Crippen molar-refractivity contribution in [3.63, 3.8) is 0 Å². The van der Waals surface area contributed by atoms with Gasteiger partial charge in [-0.05, 0) is 13.3 Å². The molecule has 0 saturated carbocycles. The Hall–Kier alpha value is -1.32. The van der Waals surface area contributed by atoms with Crippen molar-refractivity contribution < 1.29 is 18.0 Å². The van der Waals surface area contributed by atoms with Gasteiger partial charge in [0.05, 0.1) is 0 Å². The second-order valence-electron chi connectivity index (χ2n) is 3.76. The number of alkyl halides is 3. The first-order valence-corrected chi connectivity index (χ1v) is 5.05. The zero-order chi connectivity index (χ0) is 12.2. The quantitative estimate of drug-likeness (QED) is 0.717.